The van der Waals surface area contributed by atoms with Gasteiger partial charge in [0.1, 0.15) is 18.1 Å². The molecule has 2 heterocycles. The van der Waals surface area contributed by atoms with E-state index < -0.39 is 25.2 Å². The summed E-state index contributed by atoms with van der Waals surface area (Å²) in [5, 5.41) is 0. The number of carbonyl (C=O) groups is 1. The number of aromatic nitrogens is 1. The Morgan fingerprint density at radius 1 is 1.35 bits per heavy atom. The summed E-state index contributed by atoms with van der Waals surface area (Å²) in [5.74, 6) is -0.215. The van der Waals surface area contributed by atoms with E-state index in [0.717, 1.165) is 5.69 Å². The highest BCUT2D eigenvalue weighted by molar-refractivity contribution is 5.77. The van der Waals surface area contributed by atoms with Gasteiger partial charge in [0.15, 0.2) is 6.61 Å². The van der Waals surface area contributed by atoms with Crippen LogP contribution in [0.1, 0.15) is 11.5 Å². The number of aryl methyl sites for hydroxylation is 1. The first kappa shape index (κ1) is 16.9. The zero-order valence-electron chi connectivity index (χ0n) is 12.3. The van der Waals surface area contributed by atoms with Gasteiger partial charge in [0.2, 0.25) is 0 Å². The second-order valence-corrected chi connectivity index (χ2v) is 4.87. The second-order valence-electron chi connectivity index (χ2n) is 4.87. The van der Waals surface area contributed by atoms with Crippen LogP contribution in [0.5, 0.6) is 5.75 Å². The summed E-state index contributed by atoms with van der Waals surface area (Å²) in [4.78, 5) is 16.6. The summed E-state index contributed by atoms with van der Waals surface area (Å²) < 4.78 is 48.1. The molecule has 2 aromatic heterocycles. The number of hydrogen-bond donors (Lipinski definition) is 0. The first-order valence-electron chi connectivity index (χ1n) is 6.76. The highest BCUT2D eigenvalue weighted by Crippen LogP contribution is 2.19. The van der Waals surface area contributed by atoms with E-state index in [-0.39, 0.29) is 12.3 Å². The molecule has 124 valence electrons. The molecule has 8 heteroatoms. The van der Waals surface area contributed by atoms with Gasteiger partial charge in [-0.2, -0.15) is 13.2 Å². The van der Waals surface area contributed by atoms with Crippen LogP contribution in [0.3, 0.4) is 0 Å². The zero-order chi connectivity index (χ0) is 16.9. The van der Waals surface area contributed by atoms with Gasteiger partial charge in [-0.25, -0.2) is 0 Å². The molecule has 0 radical (unpaired) electrons. The van der Waals surface area contributed by atoms with E-state index in [0.29, 0.717) is 10.6 Å². The van der Waals surface area contributed by atoms with Gasteiger partial charge in [0, 0.05) is 5.69 Å². The lowest BCUT2D eigenvalue weighted by Crippen LogP contribution is -2.40. The van der Waals surface area contributed by atoms with Crippen LogP contribution in [0, 0.1) is 6.92 Å². The second kappa shape index (κ2) is 7.17. The predicted molar refractivity (Wildman–Crippen MR) is 74.6 cm³/mol. The molecule has 0 aliphatic carbocycles. The number of rotatable bonds is 6. The lowest BCUT2D eigenvalue weighted by atomic mass is 10.3. The number of carbonyl (C=O) groups excluding carboxylic acids is 1. The largest absolute Gasteiger partial charge is 0.482 e. The first-order valence-corrected chi connectivity index (χ1v) is 6.76. The van der Waals surface area contributed by atoms with Gasteiger partial charge >= 0.3 is 6.18 Å². The van der Waals surface area contributed by atoms with E-state index in [1.165, 1.54) is 18.5 Å². The molecule has 0 N–H and O–H groups in total. The van der Waals surface area contributed by atoms with Crippen LogP contribution < -0.4 is 4.74 Å². The number of nitrogens with zero attached hydrogens (tertiary/aromatic N) is 2. The highest BCUT2D eigenvalue weighted by Gasteiger charge is 2.33. The summed E-state index contributed by atoms with van der Waals surface area (Å²) >= 11 is 0. The molecule has 0 spiro atoms. The van der Waals surface area contributed by atoms with E-state index in [2.05, 4.69) is 4.98 Å². The van der Waals surface area contributed by atoms with Crippen LogP contribution in [0.25, 0.3) is 0 Å². The monoisotopic (exact) mass is 328 g/mol. The van der Waals surface area contributed by atoms with Crippen molar-refractivity contribution in [3.63, 3.8) is 0 Å². The minimum atomic E-state index is -4.51. The molecule has 0 unspecified atom stereocenters. The fourth-order valence-electron chi connectivity index (χ4n) is 1.82. The van der Waals surface area contributed by atoms with E-state index >= 15 is 0 Å². The highest BCUT2D eigenvalue weighted by atomic mass is 19.4. The fraction of sp³-hybridized carbons (Fsp3) is 0.333. The first-order chi connectivity index (χ1) is 10.8. The molecule has 0 atom stereocenters. The van der Waals surface area contributed by atoms with Crippen molar-refractivity contribution in [1.82, 2.24) is 9.88 Å². The molecule has 0 aliphatic rings. The van der Waals surface area contributed by atoms with Gasteiger partial charge in [0.25, 0.3) is 5.91 Å². The quantitative estimate of drug-likeness (QED) is 0.818. The van der Waals surface area contributed by atoms with E-state index in [4.69, 9.17) is 9.15 Å². The van der Waals surface area contributed by atoms with Crippen molar-refractivity contribution >= 4 is 5.91 Å². The number of furan rings is 1. The standard InChI is InChI=1S/C15H15F3N2O3/c1-11-4-5-12(7-19-11)23-9-14(21)20(10-15(16,17)18)8-13-3-2-6-22-13/h2-7H,8-10H2,1H3. The maximum absolute atomic E-state index is 12.6. The number of pyridine rings is 1. The van der Waals surface area contributed by atoms with Crippen molar-refractivity contribution in [1.29, 1.82) is 0 Å². The molecule has 0 fully saturated rings. The Kier molecular flexibility index (Phi) is 5.25. The van der Waals surface area contributed by atoms with E-state index in [9.17, 15) is 18.0 Å². The van der Waals surface area contributed by atoms with Crippen molar-refractivity contribution in [3.8, 4) is 5.75 Å². The van der Waals surface area contributed by atoms with Gasteiger partial charge in [-0.05, 0) is 31.2 Å². The topological polar surface area (TPSA) is 55.6 Å². The molecule has 0 aromatic carbocycles. The smallest absolute Gasteiger partial charge is 0.406 e. The average Bonchev–Trinajstić information content (AvgIpc) is 2.97. The third-order valence-corrected chi connectivity index (χ3v) is 2.90. The van der Waals surface area contributed by atoms with Crippen molar-refractivity contribution < 1.29 is 27.1 Å². The molecule has 0 saturated heterocycles. The third-order valence-electron chi connectivity index (χ3n) is 2.90. The molecule has 2 rings (SSSR count). The number of halogens is 3. The maximum atomic E-state index is 12.6. The minimum absolute atomic E-state index is 0.264. The summed E-state index contributed by atoms with van der Waals surface area (Å²) in [7, 11) is 0. The Morgan fingerprint density at radius 2 is 2.13 bits per heavy atom. The Bertz CT molecular complexity index is 624. The summed E-state index contributed by atoms with van der Waals surface area (Å²) in [6.45, 7) is -0.381. The van der Waals surface area contributed by atoms with Crippen molar-refractivity contribution in [2.75, 3.05) is 13.2 Å². The molecule has 5 nitrogen and oxygen atoms in total. The Morgan fingerprint density at radius 3 is 2.70 bits per heavy atom. The van der Waals surface area contributed by atoms with Crippen molar-refractivity contribution in [3.05, 3.63) is 48.2 Å². The fourth-order valence-corrected chi connectivity index (χ4v) is 1.82. The van der Waals surface area contributed by atoms with Gasteiger partial charge in [0.05, 0.1) is 19.0 Å². The molecular weight excluding hydrogens is 313 g/mol. The number of hydrogen-bond acceptors (Lipinski definition) is 4. The summed E-state index contributed by atoms with van der Waals surface area (Å²) in [5.41, 5.74) is 0.764. The number of ether oxygens (including phenoxy) is 1. The molecule has 2 aromatic rings. The summed E-state index contributed by atoms with van der Waals surface area (Å²) in [6, 6.07) is 6.31. The number of alkyl halides is 3. The molecule has 1 amide bonds. The number of amides is 1. The van der Waals surface area contributed by atoms with Crippen LogP contribution in [0.15, 0.2) is 41.1 Å². The van der Waals surface area contributed by atoms with Crippen LogP contribution in [0.2, 0.25) is 0 Å². The average molecular weight is 328 g/mol. The SMILES string of the molecule is Cc1ccc(OCC(=O)N(Cc2ccco2)CC(F)(F)F)cn1. The van der Waals surface area contributed by atoms with Gasteiger partial charge in [-0.3, -0.25) is 9.78 Å². The van der Waals surface area contributed by atoms with Gasteiger partial charge < -0.3 is 14.1 Å². The predicted octanol–water partition coefficient (Wildman–Crippen LogP) is 2.95. The van der Waals surface area contributed by atoms with Crippen LogP contribution >= 0.6 is 0 Å². The Labute approximate surface area is 130 Å². The maximum Gasteiger partial charge on any atom is 0.406 e. The van der Waals surface area contributed by atoms with Crippen molar-refractivity contribution in [2.45, 2.75) is 19.6 Å². The molecule has 0 aliphatic heterocycles. The third kappa shape index (κ3) is 5.65. The van der Waals surface area contributed by atoms with Crippen molar-refractivity contribution in [2.24, 2.45) is 0 Å². The normalized spacial score (nSPS) is 11.3. The van der Waals surface area contributed by atoms with Crippen LogP contribution in [0.4, 0.5) is 13.2 Å². The van der Waals surface area contributed by atoms with E-state index in [1.54, 1.807) is 25.1 Å². The molecule has 0 bridgehead atoms. The Balaban J connectivity index is 1.98. The van der Waals surface area contributed by atoms with Gasteiger partial charge in [-0.15, -0.1) is 0 Å². The van der Waals surface area contributed by atoms with Crippen LogP contribution in [-0.2, 0) is 11.3 Å². The molecule has 0 saturated carbocycles. The molecule has 23 heavy (non-hydrogen) atoms. The molecular formula is C15H15F3N2O3. The zero-order valence-corrected chi connectivity index (χ0v) is 12.3. The lowest BCUT2D eigenvalue weighted by molar-refractivity contribution is -0.164. The Hall–Kier alpha value is -2.51. The summed E-state index contributed by atoms with van der Waals surface area (Å²) in [6.07, 6.45) is -1.77. The lowest BCUT2D eigenvalue weighted by Gasteiger charge is -2.23. The van der Waals surface area contributed by atoms with Gasteiger partial charge in [-0.1, -0.05) is 0 Å². The van der Waals surface area contributed by atoms with E-state index in [1.807, 2.05) is 0 Å². The minimum Gasteiger partial charge on any atom is -0.482 e. The van der Waals surface area contributed by atoms with Crippen LogP contribution in [-0.4, -0.2) is 35.1 Å².